The summed E-state index contributed by atoms with van der Waals surface area (Å²) >= 11 is 0. The summed E-state index contributed by atoms with van der Waals surface area (Å²) in [5.41, 5.74) is 7.40. The molecule has 0 radical (unpaired) electrons. The Balaban J connectivity index is 1.97. The summed E-state index contributed by atoms with van der Waals surface area (Å²) in [7, 11) is 0. The number of hydrogen-bond donors (Lipinski definition) is 1. The van der Waals surface area contributed by atoms with Crippen LogP contribution in [0.5, 0.6) is 0 Å². The summed E-state index contributed by atoms with van der Waals surface area (Å²) in [6, 6.07) is 16.1. The van der Waals surface area contributed by atoms with Gasteiger partial charge in [0.2, 0.25) is 0 Å². The number of aliphatic imine (C=N–C) groups is 1. The van der Waals surface area contributed by atoms with Crippen LogP contribution in [0.2, 0.25) is 0 Å². The fourth-order valence-corrected chi connectivity index (χ4v) is 2.56. The lowest BCUT2D eigenvalue weighted by molar-refractivity contribution is -0.135. The molecule has 1 aliphatic heterocycles. The Labute approximate surface area is 141 Å². The summed E-state index contributed by atoms with van der Waals surface area (Å²) in [6.45, 7) is 3.70. The zero-order valence-electron chi connectivity index (χ0n) is 13.7. The molecule has 0 spiro atoms. The third-order valence-electron chi connectivity index (χ3n) is 3.78. The fraction of sp³-hybridized carbons (Fsp3) is 0.211. The van der Waals surface area contributed by atoms with Crippen LogP contribution < -0.4 is 5.43 Å². The molecule has 2 aromatic carbocycles. The van der Waals surface area contributed by atoms with Gasteiger partial charge in [0, 0.05) is 12.0 Å². The number of rotatable bonds is 3. The van der Waals surface area contributed by atoms with Crippen molar-refractivity contribution in [3.05, 3.63) is 65.2 Å². The SMILES string of the molecule is CCOC(=O)/C(C)=N/NC1=Nc2ccccc2Cc2ccccc21. The van der Waals surface area contributed by atoms with Crippen LogP contribution in [0.4, 0.5) is 5.69 Å². The molecule has 0 saturated heterocycles. The van der Waals surface area contributed by atoms with Crippen molar-refractivity contribution in [2.24, 2.45) is 10.1 Å². The molecular formula is C19H19N3O2. The Hall–Kier alpha value is -2.95. The molecule has 0 saturated carbocycles. The van der Waals surface area contributed by atoms with Gasteiger partial charge in [-0.05, 0) is 31.0 Å². The number of nitrogens with zero attached hydrogens (tertiary/aromatic N) is 2. The molecule has 0 bridgehead atoms. The van der Waals surface area contributed by atoms with Crippen molar-refractivity contribution in [2.75, 3.05) is 6.61 Å². The van der Waals surface area contributed by atoms with Crippen LogP contribution in [0.25, 0.3) is 0 Å². The van der Waals surface area contributed by atoms with E-state index in [0.29, 0.717) is 12.4 Å². The van der Waals surface area contributed by atoms with Gasteiger partial charge in [0.1, 0.15) is 5.71 Å². The van der Waals surface area contributed by atoms with Gasteiger partial charge in [0.25, 0.3) is 0 Å². The Morgan fingerprint density at radius 3 is 2.67 bits per heavy atom. The predicted molar refractivity (Wildman–Crippen MR) is 94.8 cm³/mol. The van der Waals surface area contributed by atoms with Crippen LogP contribution in [-0.2, 0) is 16.0 Å². The van der Waals surface area contributed by atoms with Crippen molar-refractivity contribution in [2.45, 2.75) is 20.3 Å². The number of amidine groups is 1. The second-order valence-electron chi connectivity index (χ2n) is 5.45. The summed E-state index contributed by atoms with van der Waals surface area (Å²) in [6.07, 6.45) is 0.807. The number of esters is 1. The first-order valence-corrected chi connectivity index (χ1v) is 7.91. The van der Waals surface area contributed by atoms with E-state index >= 15 is 0 Å². The van der Waals surface area contributed by atoms with Gasteiger partial charge in [-0.3, -0.25) is 5.43 Å². The molecule has 1 N–H and O–H groups in total. The van der Waals surface area contributed by atoms with Gasteiger partial charge < -0.3 is 4.74 Å². The molecular weight excluding hydrogens is 302 g/mol. The van der Waals surface area contributed by atoms with Gasteiger partial charge >= 0.3 is 5.97 Å². The van der Waals surface area contributed by atoms with E-state index in [1.54, 1.807) is 13.8 Å². The third kappa shape index (κ3) is 3.35. The number of carbonyl (C=O) groups excluding carboxylic acids is 1. The number of hydrazone groups is 1. The average Bonchev–Trinajstić information content (AvgIpc) is 2.76. The molecule has 0 unspecified atom stereocenters. The molecule has 122 valence electrons. The molecule has 1 heterocycles. The molecule has 5 heteroatoms. The van der Waals surface area contributed by atoms with Gasteiger partial charge in [-0.2, -0.15) is 5.10 Å². The van der Waals surface area contributed by atoms with Gasteiger partial charge in [0.05, 0.1) is 12.3 Å². The molecule has 0 aliphatic carbocycles. The number of para-hydroxylation sites is 1. The lowest BCUT2D eigenvalue weighted by Gasteiger charge is -2.09. The first-order chi connectivity index (χ1) is 11.7. The van der Waals surface area contributed by atoms with Crippen molar-refractivity contribution in [3.63, 3.8) is 0 Å². The minimum absolute atomic E-state index is 0.259. The maximum atomic E-state index is 11.7. The highest BCUT2D eigenvalue weighted by Crippen LogP contribution is 2.27. The first kappa shape index (κ1) is 15.9. The van der Waals surface area contributed by atoms with E-state index in [0.717, 1.165) is 28.8 Å². The summed E-state index contributed by atoms with van der Waals surface area (Å²) in [4.78, 5) is 16.4. The molecule has 0 amide bonds. The van der Waals surface area contributed by atoms with Crippen LogP contribution >= 0.6 is 0 Å². The Morgan fingerprint density at radius 1 is 1.17 bits per heavy atom. The van der Waals surface area contributed by atoms with Crippen LogP contribution in [-0.4, -0.2) is 24.1 Å². The minimum Gasteiger partial charge on any atom is -0.461 e. The zero-order valence-corrected chi connectivity index (χ0v) is 13.7. The van der Waals surface area contributed by atoms with Crippen molar-refractivity contribution < 1.29 is 9.53 Å². The highest BCUT2D eigenvalue weighted by Gasteiger charge is 2.16. The summed E-state index contributed by atoms with van der Waals surface area (Å²) in [5.74, 6) is 0.187. The largest absolute Gasteiger partial charge is 0.461 e. The van der Waals surface area contributed by atoms with Crippen molar-refractivity contribution in [1.29, 1.82) is 0 Å². The molecule has 24 heavy (non-hydrogen) atoms. The van der Waals surface area contributed by atoms with Gasteiger partial charge in [-0.15, -0.1) is 0 Å². The van der Waals surface area contributed by atoms with Crippen molar-refractivity contribution >= 4 is 23.2 Å². The number of hydrogen-bond acceptors (Lipinski definition) is 5. The maximum absolute atomic E-state index is 11.7. The molecule has 0 atom stereocenters. The second kappa shape index (κ2) is 7.08. The zero-order chi connectivity index (χ0) is 16.9. The van der Waals surface area contributed by atoms with Gasteiger partial charge in [0.15, 0.2) is 5.84 Å². The normalized spacial score (nSPS) is 13.2. The van der Waals surface area contributed by atoms with Crippen LogP contribution in [0.15, 0.2) is 58.6 Å². The average molecular weight is 321 g/mol. The minimum atomic E-state index is -0.437. The molecule has 2 aromatic rings. The highest BCUT2D eigenvalue weighted by atomic mass is 16.5. The van der Waals surface area contributed by atoms with Gasteiger partial charge in [-0.25, -0.2) is 9.79 Å². The van der Waals surface area contributed by atoms with Crippen molar-refractivity contribution in [3.8, 4) is 0 Å². The third-order valence-corrected chi connectivity index (χ3v) is 3.78. The molecule has 3 rings (SSSR count). The maximum Gasteiger partial charge on any atom is 0.354 e. The second-order valence-corrected chi connectivity index (χ2v) is 5.45. The number of nitrogens with one attached hydrogen (secondary N) is 1. The lowest BCUT2D eigenvalue weighted by atomic mass is 10.00. The van der Waals surface area contributed by atoms with E-state index in [1.165, 1.54) is 0 Å². The molecule has 0 fully saturated rings. The van der Waals surface area contributed by atoms with Gasteiger partial charge in [-0.1, -0.05) is 42.5 Å². The summed E-state index contributed by atoms with van der Waals surface area (Å²) in [5, 5.41) is 4.14. The standard InChI is InChI=1S/C19H19N3O2/c1-3-24-19(23)13(2)21-22-18-16-10-6-4-8-14(16)12-15-9-5-7-11-17(15)20-18/h4-11H,3,12H2,1-2H3,(H,20,22)/b21-13+. The number of fused-ring (bicyclic) bond motifs is 2. The van der Waals surface area contributed by atoms with E-state index in [-0.39, 0.29) is 5.71 Å². The Kier molecular flexibility index (Phi) is 4.70. The Bertz CT molecular complexity index is 825. The predicted octanol–water partition coefficient (Wildman–Crippen LogP) is 3.20. The smallest absolute Gasteiger partial charge is 0.354 e. The molecule has 5 nitrogen and oxygen atoms in total. The van der Waals surface area contributed by atoms with Crippen LogP contribution in [0, 0.1) is 0 Å². The number of ether oxygens (including phenoxy) is 1. The molecule has 0 aromatic heterocycles. The number of benzene rings is 2. The number of carbonyl (C=O) groups is 1. The monoisotopic (exact) mass is 321 g/mol. The van der Waals surface area contributed by atoms with E-state index in [2.05, 4.69) is 22.7 Å². The van der Waals surface area contributed by atoms with E-state index in [9.17, 15) is 4.79 Å². The summed E-state index contributed by atoms with van der Waals surface area (Å²) < 4.78 is 4.94. The van der Waals surface area contributed by atoms with E-state index in [1.807, 2.05) is 36.4 Å². The van der Waals surface area contributed by atoms with E-state index < -0.39 is 5.97 Å². The van der Waals surface area contributed by atoms with Crippen molar-refractivity contribution in [1.82, 2.24) is 5.43 Å². The van der Waals surface area contributed by atoms with Crippen LogP contribution in [0.3, 0.4) is 0 Å². The lowest BCUT2D eigenvalue weighted by Crippen LogP contribution is -2.24. The van der Waals surface area contributed by atoms with Crippen LogP contribution in [0.1, 0.15) is 30.5 Å². The topological polar surface area (TPSA) is 63.0 Å². The van der Waals surface area contributed by atoms with E-state index in [4.69, 9.17) is 9.73 Å². The first-order valence-electron chi connectivity index (χ1n) is 7.91. The fourth-order valence-electron chi connectivity index (χ4n) is 2.56. The highest BCUT2D eigenvalue weighted by molar-refractivity contribution is 6.35. The molecule has 1 aliphatic rings. The Morgan fingerprint density at radius 2 is 1.88 bits per heavy atom. The quantitative estimate of drug-likeness (QED) is 0.536.